The highest BCUT2D eigenvalue weighted by atomic mass is 32.2. The molecule has 1 amide bonds. The molecule has 1 saturated carbocycles. The summed E-state index contributed by atoms with van der Waals surface area (Å²) in [5.74, 6) is -2.47. The number of carbonyl (C=O) groups excluding carboxylic acids is 1. The van der Waals surface area contributed by atoms with Gasteiger partial charge in [0.05, 0.1) is 28.7 Å². The number of nitrogens with zero attached hydrogens (tertiary/aromatic N) is 3. The van der Waals surface area contributed by atoms with Crippen molar-refractivity contribution in [1.82, 2.24) is 9.55 Å². The minimum atomic E-state index is -4.63. The lowest BCUT2D eigenvalue weighted by Crippen LogP contribution is -2.35. The molecule has 3 aromatic carbocycles. The summed E-state index contributed by atoms with van der Waals surface area (Å²) in [5, 5.41) is 20.4. The van der Waals surface area contributed by atoms with Crippen molar-refractivity contribution in [3.63, 3.8) is 0 Å². The summed E-state index contributed by atoms with van der Waals surface area (Å²) < 4.78 is 48.5. The second-order valence-electron chi connectivity index (χ2n) is 10.8. The topological polar surface area (TPSA) is 165 Å². The Labute approximate surface area is 253 Å². The number of aromatic nitrogens is 2. The van der Waals surface area contributed by atoms with E-state index in [2.05, 4.69) is 11.1 Å². The zero-order valence-corrected chi connectivity index (χ0v) is 24.7. The van der Waals surface area contributed by atoms with E-state index in [1.165, 1.54) is 34.9 Å². The second kappa shape index (κ2) is 12.0. The number of benzene rings is 3. The predicted molar refractivity (Wildman–Crippen MR) is 158 cm³/mol. The van der Waals surface area contributed by atoms with Crippen LogP contribution in [0.1, 0.15) is 60.0 Å². The van der Waals surface area contributed by atoms with Crippen LogP contribution in [-0.2, 0) is 21.2 Å². The maximum atomic E-state index is 14.2. The Bertz CT molecular complexity index is 1960. The molecule has 1 fully saturated rings. The average Bonchev–Trinajstić information content (AvgIpc) is 3.83. The van der Waals surface area contributed by atoms with E-state index in [0.29, 0.717) is 16.7 Å². The van der Waals surface area contributed by atoms with Crippen LogP contribution in [0.4, 0.5) is 4.39 Å². The van der Waals surface area contributed by atoms with Crippen LogP contribution in [0.3, 0.4) is 0 Å². The van der Waals surface area contributed by atoms with Crippen molar-refractivity contribution in [2.75, 3.05) is 0 Å². The van der Waals surface area contributed by atoms with Gasteiger partial charge in [-0.15, -0.1) is 0 Å². The smallest absolute Gasteiger partial charge is 0.277 e. The number of sulfone groups is 1. The molecule has 0 spiro atoms. The van der Waals surface area contributed by atoms with Crippen molar-refractivity contribution in [2.24, 2.45) is 11.7 Å². The summed E-state index contributed by atoms with van der Waals surface area (Å²) in [5.41, 5.74) is 6.02. The lowest BCUT2D eigenvalue weighted by Gasteiger charge is -2.25. The SMILES string of the molecule is CC(C)OCc1nc(O)c(S(=O)(=O)c2ccc(-c3ccc(F)cc3C(N)=O)cc2)c(=O)n1[C@H](c1cccc(C#N)c1)C1CC1. The van der Waals surface area contributed by atoms with Gasteiger partial charge < -0.3 is 15.6 Å². The zero-order chi connectivity index (χ0) is 31.8. The molecule has 0 bridgehead atoms. The predicted octanol–water partition coefficient (Wildman–Crippen LogP) is 4.48. The Morgan fingerprint density at radius 2 is 1.86 bits per heavy atom. The fraction of sp³-hybridized carbons (Fsp3) is 0.250. The summed E-state index contributed by atoms with van der Waals surface area (Å²) in [6, 6.07) is 16.9. The minimum absolute atomic E-state index is 0.0317. The summed E-state index contributed by atoms with van der Waals surface area (Å²) in [7, 11) is -4.63. The fourth-order valence-corrected chi connectivity index (χ4v) is 6.50. The van der Waals surface area contributed by atoms with Crippen LogP contribution in [0.15, 0.2) is 81.3 Å². The van der Waals surface area contributed by atoms with Gasteiger partial charge in [-0.2, -0.15) is 10.2 Å². The highest BCUT2D eigenvalue weighted by Gasteiger charge is 2.39. The molecule has 0 aliphatic heterocycles. The van der Waals surface area contributed by atoms with E-state index >= 15 is 0 Å². The number of nitrogens with two attached hydrogens (primary N) is 1. The van der Waals surface area contributed by atoms with Crippen LogP contribution >= 0.6 is 0 Å². The van der Waals surface area contributed by atoms with Crippen LogP contribution in [0, 0.1) is 23.1 Å². The van der Waals surface area contributed by atoms with Crippen LogP contribution in [0.2, 0.25) is 0 Å². The number of ether oxygens (including phenoxy) is 1. The average molecular weight is 617 g/mol. The zero-order valence-electron chi connectivity index (χ0n) is 23.9. The van der Waals surface area contributed by atoms with E-state index in [1.54, 1.807) is 38.1 Å². The molecular weight excluding hydrogens is 587 g/mol. The highest BCUT2D eigenvalue weighted by Crippen LogP contribution is 2.44. The molecule has 1 aliphatic rings. The van der Waals surface area contributed by atoms with E-state index in [0.717, 1.165) is 25.0 Å². The van der Waals surface area contributed by atoms with Crippen molar-refractivity contribution in [3.05, 3.63) is 105 Å². The third-order valence-corrected chi connectivity index (χ3v) is 9.16. The molecule has 1 aromatic heterocycles. The van der Waals surface area contributed by atoms with Gasteiger partial charge in [0.15, 0.2) is 4.90 Å². The molecule has 5 rings (SSSR count). The second-order valence-corrected chi connectivity index (χ2v) is 12.7. The summed E-state index contributed by atoms with van der Waals surface area (Å²) in [6.45, 7) is 3.41. The van der Waals surface area contributed by atoms with E-state index in [4.69, 9.17) is 10.5 Å². The van der Waals surface area contributed by atoms with Gasteiger partial charge in [-0.3, -0.25) is 14.2 Å². The van der Waals surface area contributed by atoms with Gasteiger partial charge in [0.25, 0.3) is 5.56 Å². The number of amides is 1. The maximum absolute atomic E-state index is 14.2. The lowest BCUT2D eigenvalue weighted by atomic mass is 9.99. The monoisotopic (exact) mass is 616 g/mol. The molecule has 3 N–H and O–H groups in total. The van der Waals surface area contributed by atoms with Gasteiger partial charge in [-0.05, 0) is 85.7 Å². The quantitative estimate of drug-likeness (QED) is 0.263. The molecule has 1 heterocycles. The molecular formula is C32H29FN4O6S. The van der Waals surface area contributed by atoms with Gasteiger partial charge in [-0.1, -0.05) is 30.3 Å². The number of aromatic hydroxyl groups is 1. The van der Waals surface area contributed by atoms with Crippen molar-refractivity contribution >= 4 is 15.7 Å². The minimum Gasteiger partial charge on any atom is -0.492 e. The van der Waals surface area contributed by atoms with E-state index < -0.39 is 43.9 Å². The van der Waals surface area contributed by atoms with Crippen LogP contribution in [0.25, 0.3) is 11.1 Å². The highest BCUT2D eigenvalue weighted by molar-refractivity contribution is 7.91. The first-order valence-electron chi connectivity index (χ1n) is 13.8. The molecule has 44 heavy (non-hydrogen) atoms. The number of hydrogen-bond donors (Lipinski definition) is 2. The Balaban J connectivity index is 1.65. The first kappa shape index (κ1) is 30.6. The summed E-state index contributed by atoms with van der Waals surface area (Å²) >= 11 is 0. The third kappa shape index (κ3) is 5.97. The molecule has 1 aliphatic carbocycles. The lowest BCUT2D eigenvalue weighted by molar-refractivity contribution is 0.0571. The van der Waals surface area contributed by atoms with Gasteiger partial charge in [-0.25, -0.2) is 12.8 Å². The van der Waals surface area contributed by atoms with E-state index in [-0.39, 0.29) is 40.5 Å². The fourth-order valence-electron chi connectivity index (χ4n) is 5.15. The molecule has 1 atom stereocenters. The van der Waals surface area contributed by atoms with Crippen LogP contribution < -0.4 is 11.3 Å². The van der Waals surface area contributed by atoms with Gasteiger partial charge in [0, 0.05) is 5.56 Å². The number of halogens is 1. The Kier molecular flexibility index (Phi) is 8.36. The third-order valence-electron chi connectivity index (χ3n) is 7.37. The number of primary amides is 1. The molecule has 0 radical (unpaired) electrons. The number of rotatable bonds is 10. The summed E-state index contributed by atoms with van der Waals surface area (Å²) in [4.78, 5) is 29.0. The Morgan fingerprint density at radius 1 is 1.16 bits per heavy atom. The first-order chi connectivity index (χ1) is 20.9. The number of carbonyl (C=O) groups is 1. The largest absolute Gasteiger partial charge is 0.492 e. The summed E-state index contributed by atoms with van der Waals surface area (Å²) in [6.07, 6.45) is 1.28. The Hall–Kier alpha value is -4.86. The normalized spacial score (nSPS) is 13.9. The number of hydrogen-bond acceptors (Lipinski definition) is 8. The van der Waals surface area contributed by atoms with E-state index in [1.807, 2.05) is 0 Å². The van der Waals surface area contributed by atoms with Crippen LogP contribution in [0.5, 0.6) is 5.88 Å². The number of nitriles is 1. The molecule has 4 aromatic rings. The molecule has 0 saturated heterocycles. The van der Waals surface area contributed by atoms with E-state index in [9.17, 15) is 32.8 Å². The molecule has 12 heteroatoms. The van der Waals surface area contributed by atoms with Crippen LogP contribution in [-0.4, -0.2) is 35.1 Å². The molecule has 226 valence electrons. The van der Waals surface area contributed by atoms with Gasteiger partial charge in [0.1, 0.15) is 18.2 Å². The maximum Gasteiger partial charge on any atom is 0.277 e. The van der Waals surface area contributed by atoms with Crippen molar-refractivity contribution in [1.29, 1.82) is 5.26 Å². The van der Waals surface area contributed by atoms with Gasteiger partial charge in [0.2, 0.25) is 21.6 Å². The Morgan fingerprint density at radius 3 is 2.48 bits per heavy atom. The standard InChI is InChI=1S/C32H29FN4O6S/c1-18(2)43-17-27-36-31(39)29(32(40)37(27)28(21-6-7-21)22-5-3-4-19(14-22)16-34)44(41,42)24-11-8-20(9-12-24)25-13-10-23(33)15-26(25)30(35)38/h3-5,8-15,18,21,28,39H,6-7,17H2,1-2H3,(H2,35,38)/t28-/m0/s1. The van der Waals surface area contributed by atoms with Gasteiger partial charge >= 0.3 is 0 Å². The van der Waals surface area contributed by atoms with Crippen molar-refractivity contribution in [2.45, 2.75) is 55.2 Å². The molecule has 10 nitrogen and oxygen atoms in total. The first-order valence-corrected chi connectivity index (χ1v) is 15.3. The van der Waals surface area contributed by atoms with Crippen molar-refractivity contribution in [3.8, 4) is 23.1 Å². The van der Waals surface area contributed by atoms with Crippen molar-refractivity contribution < 1.29 is 27.4 Å². The molecule has 0 unspecified atom stereocenters.